The highest BCUT2D eigenvalue weighted by Crippen LogP contribution is 2.38. The Bertz CT molecular complexity index is 587. The second-order valence-electron chi connectivity index (χ2n) is 6.39. The van der Waals surface area contributed by atoms with Crippen molar-refractivity contribution in [2.75, 3.05) is 6.54 Å². The molecule has 0 spiro atoms. The molecule has 0 bridgehead atoms. The summed E-state index contributed by atoms with van der Waals surface area (Å²) in [5.41, 5.74) is 1.76. The maximum Gasteiger partial charge on any atom is 0.233 e. The number of rotatable bonds is 4. The fourth-order valence-electron chi connectivity index (χ4n) is 3.72. The van der Waals surface area contributed by atoms with Gasteiger partial charge in [-0.25, -0.2) is 0 Å². The lowest BCUT2D eigenvalue weighted by Gasteiger charge is -2.19. The first-order chi connectivity index (χ1) is 10.5. The van der Waals surface area contributed by atoms with Gasteiger partial charge in [-0.15, -0.1) is 0 Å². The van der Waals surface area contributed by atoms with Crippen LogP contribution >= 0.6 is 11.6 Å². The Labute approximate surface area is 135 Å². The van der Waals surface area contributed by atoms with Gasteiger partial charge in [0.25, 0.3) is 0 Å². The van der Waals surface area contributed by atoms with Crippen LogP contribution in [0, 0.1) is 25.7 Å². The molecule has 1 aliphatic carbocycles. The van der Waals surface area contributed by atoms with Crippen molar-refractivity contribution in [1.29, 1.82) is 0 Å². The van der Waals surface area contributed by atoms with Crippen LogP contribution in [-0.2, 0) is 16.1 Å². The van der Waals surface area contributed by atoms with E-state index in [-0.39, 0.29) is 23.7 Å². The standard InChI is InChI=1S/C16H22ClN3O2/c1-10-14(17)11(2)20(18-10)9-5-8-19-15(21)12-6-3-4-7-13(12)16(19)22/h12-13H,3-9H2,1-2H3/t12-,13+. The number of amides is 2. The largest absolute Gasteiger partial charge is 0.282 e. The van der Waals surface area contributed by atoms with E-state index in [1.165, 1.54) is 4.90 Å². The van der Waals surface area contributed by atoms with E-state index < -0.39 is 0 Å². The van der Waals surface area contributed by atoms with Crippen LogP contribution < -0.4 is 0 Å². The van der Waals surface area contributed by atoms with Crippen LogP contribution in [-0.4, -0.2) is 33.0 Å². The van der Waals surface area contributed by atoms with Crippen LogP contribution in [0.3, 0.4) is 0 Å². The SMILES string of the molecule is Cc1nn(CCCN2C(=O)[C@H]3CCCC[C@H]3C2=O)c(C)c1Cl. The molecular formula is C16H22ClN3O2. The molecule has 0 unspecified atom stereocenters. The van der Waals surface area contributed by atoms with Gasteiger partial charge in [0, 0.05) is 13.1 Å². The predicted molar refractivity (Wildman–Crippen MR) is 83.5 cm³/mol. The van der Waals surface area contributed by atoms with E-state index in [1.807, 2.05) is 18.5 Å². The molecule has 3 rings (SSSR count). The first kappa shape index (κ1) is 15.5. The van der Waals surface area contributed by atoms with Crippen molar-refractivity contribution in [3.8, 4) is 0 Å². The number of imide groups is 1. The first-order valence-corrected chi connectivity index (χ1v) is 8.43. The van der Waals surface area contributed by atoms with Crippen LogP contribution in [0.25, 0.3) is 0 Å². The number of hydrogen-bond donors (Lipinski definition) is 0. The summed E-state index contributed by atoms with van der Waals surface area (Å²) >= 11 is 6.13. The van der Waals surface area contributed by atoms with Gasteiger partial charge in [-0.1, -0.05) is 24.4 Å². The molecule has 2 aliphatic rings. The molecule has 6 heteroatoms. The molecule has 1 aromatic heterocycles. The first-order valence-electron chi connectivity index (χ1n) is 8.05. The molecular weight excluding hydrogens is 302 g/mol. The fourth-order valence-corrected chi connectivity index (χ4v) is 3.86. The lowest BCUT2D eigenvalue weighted by Crippen LogP contribution is -2.32. The summed E-state index contributed by atoms with van der Waals surface area (Å²) < 4.78 is 1.86. The van der Waals surface area contributed by atoms with Crippen LogP contribution in [0.15, 0.2) is 0 Å². The van der Waals surface area contributed by atoms with Gasteiger partial charge in [0.2, 0.25) is 11.8 Å². The van der Waals surface area contributed by atoms with Crippen molar-refractivity contribution in [3.05, 3.63) is 16.4 Å². The topological polar surface area (TPSA) is 55.2 Å². The summed E-state index contributed by atoms with van der Waals surface area (Å²) in [6, 6.07) is 0. The highest BCUT2D eigenvalue weighted by molar-refractivity contribution is 6.31. The van der Waals surface area contributed by atoms with Gasteiger partial charge in [0.05, 0.1) is 28.2 Å². The lowest BCUT2D eigenvalue weighted by molar-refractivity contribution is -0.140. The minimum atomic E-state index is -0.0515. The third-order valence-electron chi connectivity index (χ3n) is 4.98. The second kappa shape index (κ2) is 6.03. The molecule has 5 nitrogen and oxygen atoms in total. The summed E-state index contributed by atoms with van der Waals surface area (Å²) in [5.74, 6) is -0.0176. The Morgan fingerprint density at radius 1 is 1.09 bits per heavy atom. The molecule has 2 fully saturated rings. The Balaban J connectivity index is 1.60. The number of fused-ring (bicyclic) bond motifs is 1. The molecule has 22 heavy (non-hydrogen) atoms. The van der Waals surface area contributed by atoms with Crippen molar-refractivity contribution in [1.82, 2.24) is 14.7 Å². The summed E-state index contributed by atoms with van der Waals surface area (Å²) in [6.07, 6.45) is 4.60. The van der Waals surface area contributed by atoms with Crippen molar-refractivity contribution >= 4 is 23.4 Å². The monoisotopic (exact) mass is 323 g/mol. The molecule has 0 aromatic carbocycles. The quantitative estimate of drug-likeness (QED) is 0.801. The Morgan fingerprint density at radius 2 is 1.68 bits per heavy atom. The smallest absolute Gasteiger partial charge is 0.233 e. The van der Waals surface area contributed by atoms with Crippen LogP contribution in [0.2, 0.25) is 5.02 Å². The maximum absolute atomic E-state index is 12.4. The van der Waals surface area contributed by atoms with Gasteiger partial charge >= 0.3 is 0 Å². The van der Waals surface area contributed by atoms with Crippen molar-refractivity contribution in [2.24, 2.45) is 11.8 Å². The molecule has 0 N–H and O–H groups in total. The molecule has 1 saturated heterocycles. The molecule has 2 amide bonds. The average Bonchev–Trinajstić information content (AvgIpc) is 2.91. The fraction of sp³-hybridized carbons (Fsp3) is 0.688. The Kier molecular flexibility index (Phi) is 4.26. The number of aromatic nitrogens is 2. The van der Waals surface area contributed by atoms with E-state index in [9.17, 15) is 9.59 Å². The van der Waals surface area contributed by atoms with E-state index in [0.29, 0.717) is 18.1 Å². The summed E-state index contributed by atoms with van der Waals surface area (Å²) in [7, 11) is 0. The van der Waals surface area contributed by atoms with Gasteiger partial charge < -0.3 is 0 Å². The second-order valence-corrected chi connectivity index (χ2v) is 6.77. The van der Waals surface area contributed by atoms with Crippen LogP contribution in [0.5, 0.6) is 0 Å². The normalized spacial score (nSPS) is 25.0. The van der Waals surface area contributed by atoms with E-state index in [1.54, 1.807) is 0 Å². The van der Waals surface area contributed by atoms with Crippen molar-refractivity contribution in [2.45, 2.75) is 52.5 Å². The van der Waals surface area contributed by atoms with Crippen LogP contribution in [0.4, 0.5) is 0 Å². The van der Waals surface area contributed by atoms with E-state index in [0.717, 1.165) is 43.5 Å². The zero-order valence-electron chi connectivity index (χ0n) is 13.1. The van der Waals surface area contributed by atoms with Gasteiger partial charge in [-0.3, -0.25) is 19.2 Å². The number of hydrogen-bond acceptors (Lipinski definition) is 3. The lowest BCUT2D eigenvalue weighted by atomic mass is 9.81. The van der Waals surface area contributed by atoms with Crippen molar-refractivity contribution in [3.63, 3.8) is 0 Å². The average molecular weight is 324 g/mol. The maximum atomic E-state index is 12.4. The molecule has 1 aromatic rings. The zero-order chi connectivity index (χ0) is 15.9. The molecule has 2 atom stereocenters. The summed E-state index contributed by atoms with van der Waals surface area (Å²) in [6.45, 7) is 4.97. The minimum absolute atomic E-state index is 0.0427. The van der Waals surface area contributed by atoms with Gasteiger partial charge in [0.1, 0.15) is 0 Å². The van der Waals surface area contributed by atoms with Crippen LogP contribution in [0.1, 0.15) is 43.5 Å². The number of nitrogens with zero attached hydrogens (tertiary/aromatic N) is 3. The Morgan fingerprint density at radius 3 is 2.18 bits per heavy atom. The van der Waals surface area contributed by atoms with E-state index in [2.05, 4.69) is 5.10 Å². The Hall–Kier alpha value is -1.36. The van der Waals surface area contributed by atoms with Crippen molar-refractivity contribution < 1.29 is 9.59 Å². The van der Waals surface area contributed by atoms with E-state index in [4.69, 9.17) is 11.6 Å². The zero-order valence-corrected chi connectivity index (χ0v) is 13.9. The number of likely N-dealkylation sites (tertiary alicyclic amines) is 1. The third kappa shape index (κ3) is 2.56. The molecule has 2 heterocycles. The highest BCUT2D eigenvalue weighted by Gasteiger charge is 2.47. The number of aryl methyl sites for hydroxylation is 2. The number of carbonyl (C=O) groups is 2. The number of carbonyl (C=O) groups excluding carboxylic acids is 2. The van der Waals surface area contributed by atoms with Gasteiger partial charge in [0.15, 0.2) is 0 Å². The highest BCUT2D eigenvalue weighted by atomic mass is 35.5. The van der Waals surface area contributed by atoms with Gasteiger partial charge in [-0.2, -0.15) is 5.10 Å². The minimum Gasteiger partial charge on any atom is -0.282 e. The predicted octanol–water partition coefficient (Wildman–Crippen LogP) is 2.72. The molecule has 0 radical (unpaired) electrons. The summed E-state index contributed by atoms with van der Waals surface area (Å²) in [4.78, 5) is 26.2. The molecule has 120 valence electrons. The van der Waals surface area contributed by atoms with Gasteiger partial charge in [-0.05, 0) is 33.1 Å². The van der Waals surface area contributed by atoms with E-state index >= 15 is 0 Å². The number of halogens is 1. The third-order valence-corrected chi connectivity index (χ3v) is 5.52. The molecule has 1 saturated carbocycles. The summed E-state index contributed by atoms with van der Waals surface area (Å²) in [5, 5.41) is 5.07. The molecule has 1 aliphatic heterocycles.